The number of ether oxygens (including phenoxy) is 8. The first kappa shape index (κ1) is 39.2. The van der Waals surface area contributed by atoms with Crippen molar-refractivity contribution >= 4 is 23.7 Å². The van der Waals surface area contributed by atoms with Gasteiger partial charge >= 0.3 is 11.9 Å². The Balaban J connectivity index is 1.17. The molecule has 0 amide bonds. The first-order valence-corrected chi connectivity index (χ1v) is 20.0. The van der Waals surface area contributed by atoms with E-state index in [9.17, 15) is 9.59 Å². The summed E-state index contributed by atoms with van der Waals surface area (Å²) in [6.45, 7) is 6.80. The van der Waals surface area contributed by atoms with Gasteiger partial charge in [-0.1, -0.05) is 118 Å². The molecule has 3 saturated heterocycles. The molecule has 0 bridgehead atoms. The highest BCUT2D eigenvalue weighted by atomic mass is 32.2. The summed E-state index contributed by atoms with van der Waals surface area (Å²) in [5.41, 5.74) is 2.25. The van der Waals surface area contributed by atoms with Gasteiger partial charge in [0.25, 0.3) is 0 Å². The van der Waals surface area contributed by atoms with Gasteiger partial charge in [-0.25, -0.2) is 9.59 Å². The Morgan fingerprint density at radius 1 is 0.691 bits per heavy atom. The molecule has 3 aliphatic rings. The fourth-order valence-corrected chi connectivity index (χ4v) is 8.37. The molecule has 3 heterocycles. The maximum Gasteiger partial charge on any atom is 0.338 e. The van der Waals surface area contributed by atoms with Crippen molar-refractivity contribution in [2.45, 2.75) is 82.0 Å². The second kappa shape index (κ2) is 18.7. The molecule has 290 valence electrons. The van der Waals surface area contributed by atoms with E-state index in [4.69, 9.17) is 37.9 Å². The van der Waals surface area contributed by atoms with Gasteiger partial charge in [-0.3, -0.25) is 0 Å². The normalized spacial score (nSPS) is 30.5. The van der Waals surface area contributed by atoms with Crippen LogP contribution in [-0.4, -0.2) is 79.3 Å². The van der Waals surface area contributed by atoms with Crippen molar-refractivity contribution < 1.29 is 47.5 Å². The van der Waals surface area contributed by atoms with E-state index < -0.39 is 66.6 Å². The molecule has 4 aromatic carbocycles. The van der Waals surface area contributed by atoms with E-state index in [1.165, 1.54) is 0 Å². The van der Waals surface area contributed by atoms with Crippen LogP contribution in [0.1, 0.15) is 58.9 Å². The van der Waals surface area contributed by atoms with Gasteiger partial charge in [0.1, 0.15) is 23.7 Å². The summed E-state index contributed by atoms with van der Waals surface area (Å²) in [5.74, 6) is -0.990. The second-order valence-corrected chi connectivity index (χ2v) is 15.4. The molecular formula is C44H48O10S. The highest BCUT2D eigenvalue weighted by molar-refractivity contribution is 7.99. The van der Waals surface area contributed by atoms with Gasteiger partial charge in [-0.15, -0.1) is 11.8 Å². The number of esters is 2. The topological polar surface area (TPSA) is 108 Å². The summed E-state index contributed by atoms with van der Waals surface area (Å²) in [5, 5.41) is 0. The second-order valence-electron chi connectivity index (χ2n) is 14.0. The number of carbonyl (C=O) groups is 2. The van der Waals surface area contributed by atoms with Crippen LogP contribution < -0.4 is 0 Å². The van der Waals surface area contributed by atoms with Gasteiger partial charge < -0.3 is 37.9 Å². The first-order chi connectivity index (χ1) is 26.9. The maximum absolute atomic E-state index is 13.7. The summed E-state index contributed by atoms with van der Waals surface area (Å²) >= 11 is 1.56. The van der Waals surface area contributed by atoms with Gasteiger partial charge in [-0.2, -0.15) is 0 Å². The Morgan fingerprint density at radius 3 is 1.89 bits per heavy atom. The fraction of sp³-hybridized carbons (Fsp3) is 0.409. The quantitative estimate of drug-likeness (QED) is 0.125. The van der Waals surface area contributed by atoms with Crippen LogP contribution in [0.5, 0.6) is 0 Å². The van der Waals surface area contributed by atoms with Gasteiger partial charge in [0.05, 0.1) is 43.2 Å². The zero-order valence-electron chi connectivity index (χ0n) is 31.2. The average Bonchev–Trinajstić information content (AvgIpc) is 3.23. The highest BCUT2D eigenvalue weighted by Gasteiger charge is 2.54. The van der Waals surface area contributed by atoms with E-state index in [0.29, 0.717) is 17.7 Å². The Labute approximate surface area is 326 Å². The zero-order valence-corrected chi connectivity index (χ0v) is 32.0. The van der Waals surface area contributed by atoms with Gasteiger partial charge in [0, 0.05) is 17.4 Å². The summed E-state index contributed by atoms with van der Waals surface area (Å²) in [7, 11) is 0. The minimum Gasteiger partial charge on any atom is -0.455 e. The number of hydrogen-bond donors (Lipinski definition) is 0. The molecule has 11 unspecified atom stereocenters. The van der Waals surface area contributed by atoms with E-state index >= 15 is 0 Å². The van der Waals surface area contributed by atoms with Crippen LogP contribution in [0.15, 0.2) is 121 Å². The SMILES string of the molecule is CCSC1OC(COCc2ccccc2)C(OC2OC3COC(c4ccccc4)OC3C(C)C2OC(=O)c2ccccc2)C(C)C1OC(=O)c1ccccc1. The third-order valence-corrected chi connectivity index (χ3v) is 11.3. The van der Waals surface area contributed by atoms with Gasteiger partial charge in [0.15, 0.2) is 18.7 Å². The smallest absolute Gasteiger partial charge is 0.338 e. The molecular weight excluding hydrogens is 721 g/mol. The molecule has 11 heteroatoms. The average molecular weight is 769 g/mol. The molecule has 0 saturated carbocycles. The number of benzene rings is 4. The van der Waals surface area contributed by atoms with Crippen molar-refractivity contribution in [2.75, 3.05) is 19.0 Å². The lowest BCUT2D eigenvalue weighted by Gasteiger charge is -2.50. The Hall–Kier alpha value is -4.07. The Morgan fingerprint density at radius 2 is 1.27 bits per heavy atom. The van der Waals surface area contributed by atoms with E-state index in [-0.39, 0.29) is 25.0 Å². The lowest BCUT2D eigenvalue weighted by atomic mass is 9.88. The van der Waals surface area contributed by atoms with Crippen molar-refractivity contribution in [1.29, 1.82) is 0 Å². The molecule has 0 radical (unpaired) electrons. The Bertz CT molecular complexity index is 1800. The molecule has 0 N–H and O–H groups in total. The maximum atomic E-state index is 13.7. The van der Waals surface area contributed by atoms with Crippen LogP contribution in [0, 0.1) is 11.8 Å². The number of rotatable bonds is 13. The van der Waals surface area contributed by atoms with Crippen LogP contribution in [0.4, 0.5) is 0 Å². The minimum absolute atomic E-state index is 0.192. The van der Waals surface area contributed by atoms with Crippen LogP contribution in [-0.2, 0) is 44.5 Å². The van der Waals surface area contributed by atoms with Crippen LogP contribution in [0.2, 0.25) is 0 Å². The van der Waals surface area contributed by atoms with E-state index in [1.54, 1.807) is 60.3 Å². The predicted octanol–water partition coefficient (Wildman–Crippen LogP) is 7.63. The minimum atomic E-state index is -1.04. The van der Waals surface area contributed by atoms with Crippen LogP contribution >= 0.6 is 11.8 Å². The van der Waals surface area contributed by atoms with Crippen LogP contribution in [0.3, 0.4) is 0 Å². The van der Waals surface area contributed by atoms with E-state index in [2.05, 4.69) is 0 Å². The van der Waals surface area contributed by atoms with Gasteiger partial charge in [-0.05, 0) is 35.6 Å². The lowest BCUT2D eigenvalue weighted by molar-refractivity contribution is -0.366. The molecule has 11 atom stereocenters. The van der Waals surface area contributed by atoms with Crippen molar-refractivity contribution in [2.24, 2.45) is 11.8 Å². The summed E-state index contributed by atoms with van der Waals surface area (Å²) in [6, 6.07) is 37.4. The molecule has 0 aromatic heterocycles. The standard InChI is InChI=1S/C44H48O10S/c1-4-55-44-39(52-41(46)32-21-13-7-14-22-32)29(3)37(34(50-44)26-47-25-30-17-9-5-10-18-30)54-43-38(51-40(45)31-19-11-6-12-20-31)28(2)36-35(49-43)27-48-42(53-36)33-23-15-8-16-24-33/h5-24,28-29,34-39,42-44H,4,25-27H2,1-3H3. The first-order valence-electron chi connectivity index (χ1n) is 18.9. The summed E-state index contributed by atoms with van der Waals surface area (Å²) in [6.07, 6.45) is -5.49. The third kappa shape index (κ3) is 9.49. The van der Waals surface area contributed by atoms with Crippen LogP contribution in [0.25, 0.3) is 0 Å². The molecule has 4 aromatic rings. The molecule has 0 aliphatic carbocycles. The predicted molar refractivity (Wildman–Crippen MR) is 206 cm³/mol. The number of carbonyl (C=O) groups excluding carboxylic acids is 2. The van der Waals surface area contributed by atoms with Crippen molar-refractivity contribution in [1.82, 2.24) is 0 Å². The highest BCUT2D eigenvalue weighted by Crippen LogP contribution is 2.42. The molecule has 3 aliphatic heterocycles. The van der Waals surface area contributed by atoms with Gasteiger partial charge in [0.2, 0.25) is 0 Å². The van der Waals surface area contributed by atoms with E-state index in [0.717, 1.165) is 16.9 Å². The largest absolute Gasteiger partial charge is 0.455 e. The number of fused-ring (bicyclic) bond motifs is 1. The van der Waals surface area contributed by atoms with Crippen molar-refractivity contribution in [3.63, 3.8) is 0 Å². The monoisotopic (exact) mass is 768 g/mol. The third-order valence-electron chi connectivity index (χ3n) is 10.2. The molecule has 10 nitrogen and oxygen atoms in total. The van der Waals surface area contributed by atoms with E-state index in [1.807, 2.05) is 93.6 Å². The fourth-order valence-electron chi connectivity index (χ4n) is 7.33. The zero-order chi connectivity index (χ0) is 38.1. The molecule has 55 heavy (non-hydrogen) atoms. The number of thioether (sulfide) groups is 1. The molecule has 7 rings (SSSR count). The molecule has 3 fully saturated rings. The summed E-state index contributed by atoms with van der Waals surface area (Å²) in [4.78, 5) is 27.2. The Kier molecular flexibility index (Phi) is 13.3. The van der Waals surface area contributed by atoms with Crippen molar-refractivity contribution in [3.05, 3.63) is 144 Å². The van der Waals surface area contributed by atoms with Crippen molar-refractivity contribution in [3.8, 4) is 0 Å². The molecule has 0 spiro atoms. The summed E-state index contributed by atoms with van der Waals surface area (Å²) < 4.78 is 51.9. The lowest BCUT2D eigenvalue weighted by Crippen LogP contribution is -2.63. The number of hydrogen-bond acceptors (Lipinski definition) is 11.